The number of allylic oxidation sites excluding steroid dienone is 1. The Hall–Kier alpha value is -3.00. The Morgan fingerprint density at radius 1 is 1.29 bits per heavy atom. The van der Waals surface area contributed by atoms with E-state index in [0.29, 0.717) is 18.8 Å². The molecule has 0 spiro atoms. The predicted octanol–water partition coefficient (Wildman–Crippen LogP) is 2.78. The summed E-state index contributed by atoms with van der Waals surface area (Å²) in [6, 6.07) is 9.00. The van der Waals surface area contributed by atoms with Crippen molar-refractivity contribution in [1.29, 1.82) is 0 Å². The van der Waals surface area contributed by atoms with Gasteiger partial charge in [-0.05, 0) is 50.0 Å². The summed E-state index contributed by atoms with van der Waals surface area (Å²) in [6.07, 6.45) is 3.58. The van der Waals surface area contributed by atoms with Crippen molar-refractivity contribution in [3.05, 3.63) is 59.1 Å². The summed E-state index contributed by atoms with van der Waals surface area (Å²) in [6.45, 7) is 3.27. The second-order valence-electron chi connectivity index (χ2n) is 5.73. The Morgan fingerprint density at radius 3 is 2.75 bits per heavy atom. The molecular weight excluding hydrogens is 302 g/mol. The van der Waals surface area contributed by atoms with Crippen LogP contribution in [0.1, 0.15) is 34.8 Å². The largest absolute Gasteiger partial charge is 0.436 e. The van der Waals surface area contributed by atoms with Crippen LogP contribution in [-0.2, 0) is 0 Å². The van der Waals surface area contributed by atoms with Crippen molar-refractivity contribution in [3.63, 3.8) is 0 Å². The molecule has 5 nitrogen and oxygen atoms in total. The Balaban J connectivity index is 1.58. The maximum atomic E-state index is 12.3. The van der Waals surface area contributed by atoms with Crippen LogP contribution >= 0.6 is 0 Å². The quantitative estimate of drug-likeness (QED) is 0.820. The van der Waals surface area contributed by atoms with Crippen LogP contribution in [-0.4, -0.2) is 28.9 Å². The van der Waals surface area contributed by atoms with Crippen LogP contribution in [0.15, 0.2) is 46.4 Å². The van der Waals surface area contributed by atoms with Crippen molar-refractivity contribution in [2.75, 3.05) is 18.8 Å². The van der Waals surface area contributed by atoms with Crippen LogP contribution in [0.3, 0.4) is 0 Å². The lowest BCUT2D eigenvalue weighted by Crippen LogP contribution is -2.36. The van der Waals surface area contributed by atoms with Crippen LogP contribution in [0.5, 0.6) is 0 Å². The first-order valence-corrected chi connectivity index (χ1v) is 7.89. The molecule has 0 unspecified atom stereocenters. The zero-order valence-corrected chi connectivity index (χ0v) is 13.6. The van der Waals surface area contributed by atoms with Gasteiger partial charge >= 0.3 is 0 Å². The Morgan fingerprint density at radius 2 is 2.08 bits per heavy atom. The molecule has 0 saturated carbocycles. The Kier molecular flexibility index (Phi) is 4.66. The van der Waals surface area contributed by atoms with Gasteiger partial charge in [0.05, 0.1) is 0 Å². The van der Waals surface area contributed by atoms with E-state index in [1.807, 2.05) is 31.2 Å². The molecule has 2 aromatic heterocycles. The predicted molar refractivity (Wildman–Crippen MR) is 92.2 cm³/mol. The number of anilines is 1. The number of likely N-dealkylation sites (tertiary alicyclic amines) is 1. The average molecular weight is 321 g/mol. The van der Waals surface area contributed by atoms with Crippen molar-refractivity contribution in [3.8, 4) is 11.8 Å². The third-order valence-electron chi connectivity index (χ3n) is 3.90. The van der Waals surface area contributed by atoms with Crippen LogP contribution < -0.4 is 5.73 Å². The normalized spacial score (nSPS) is 14.0. The van der Waals surface area contributed by atoms with Gasteiger partial charge in [-0.15, -0.1) is 0 Å². The highest BCUT2D eigenvalue weighted by atomic mass is 16.4. The van der Waals surface area contributed by atoms with Gasteiger partial charge in [0.1, 0.15) is 5.69 Å². The fourth-order valence-corrected chi connectivity index (χ4v) is 2.59. The number of rotatable bonds is 1. The van der Waals surface area contributed by atoms with Crippen LogP contribution in [0.4, 0.5) is 5.88 Å². The van der Waals surface area contributed by atoms with Crippen LogP contribution in [0.25, 0.3) is 0 Å². The molecule has 5 heteroatoms. The number of amides is 1. The maximum absolute atomic E-state index is 12.3. The first-order valence-electron chi connectivity index (χ1n) is 7.89. The molecule has 2 N–H and O–H groups in total. The average Bonchev–Trinajstić information content (AvgIpc) is 3.01. The summed E-state index contributed by atoms with van der Waals surface area (Å²) in [5, 5.41) is 0. The second kappa shape index (κ2) is 7.05. The van der Waals surface area contributed by atoms with Gasteiger partial charge < -0.3 is 15.1 Å². The van der Waals surface area contributed by atoms with Gasteiger partial charge in [0.25, 0.3) is 5.91 Å². The minimum Gasteiger partial charge on any atom is -0.436 e. The number of aryl methyl sites for hydroxylation is 1. The number of hydrogen-bond donors (Lipinski definition) is 1. The molecule has 1 aliphatic rings. The van der Waals surface area contributed by atoms with Crippen molar-refractivity contribution in [1.82, 2.24) is 9.88 Å². The van der Waals surface area contributed by atoms with E-state index in [0.717, 1.165) is 24.2 Å². The monoisotopic (exact) mass is 321 g/mol. The number of furan rings is 1. The molecule has 0 bridgehead atoms. The third-order valence-corrected chi connectivity index (χ3v) is 3.90. The third kappa shape index (κ3) is 3.85. The van der Waals surface area contributed by atoms with E-state index in [1.54, 1.807) is 17.0 Å². The molecule has 0 aliphatic carbocycles. The smallest absolute Gasteiger partial charge is 0.289 e. The number of carbonyl (C=O) groups excluding carboxylic acids is 1. The number of piperidine rings is 1. The van der Waals surface area contributed by atoms with Gasteiger partial charge in [0.2, 0.25) is 0 Å². The number of nitrogens with two attached hydrogens (primary N) is 1. The van der Waals surface area contributed by atoms with E-state index in [1.165, 1.54) is 5.57 Å². The first kappa shape index (κ1) is 15.9. The van der Waals surface area contributed by atoms with Crippen LogP contribution in [0.2, 0.25) is 0 Å². The highest BCUT2D eigenvalue weighted by Crippen LogP contribution is 2.19. The van der Waals surface area contributed by atoms with E-state index < -0.39 is 0 Å². The molecule has 2 aromatic rings. The van der Waals surface area contributed by atoms with E-state index in [9.17, 15) is 4.79 Å². The number of nitrogens with zero attached hydrogens (tertiary/aromatic N) is 2. The zero-order chi connectivity index (χ0) is 16.9. The molecule has 24 heavy (non-hydrogen) atoms. The maximum Gasteiger partial charge on any atom is 0.289 e. The molecule has 1 amide bonds. The summed E-state index contributed by atoms with van der Waals surface area (Å²) in [7, 11) is 0. The minimum atomic E-state index is -0.110. The number of hydrogen-bond acceptors (Lipinski definition) is 4. The highest BCUT2D eigenvalue weighted by Gasteiger charge is 2.22. The fraction of sp³-hybridized carbons (Fsp3) is 0.263. The lowest BCUT2D eigenvalue weighted by molar-refractivity contribution is 0.0712. The van der Waals surface area contributed by atoms with Crippen molar-refractivity contribution < 1.29 is 9.21 Å². The number of aromatic nitrogens is 1. The molecular formula is C19H19N3O2. The Bertz CT molecular complexity index is 830. The lowest BCUT2D eigenvalue weighted by atomic mass is 10.0. The summed E-state index contributed by atoms with van der Waals surface area (Å²) in [4.78, 5) is 18.4. The van der Waals surface area contributed by atoms with E-state index in [-0.39, 0.29) is 11.8 Å². The molecule has 1 saturated heterocycles. The second-order valence-corrected chi connectivity index (χ2v) is 5.73. The Labute approximate surface area is 141 Å². The summed E-state index contributed by atoms with van der Waals surface area (Å²) < 4.78 is 5.19. The summed E-state index contributed by atoms with van der Waals surface area (Å²) in [5.74, 6) is 6.56. The molecule has 0 radical (unpaired) electrons. The zero-order valence-electron chi connectivity index (χ0n) is 13.6. The van der Waals surface area contributed by atoms with E-state index in [4.69, 9.17) is 10.2 Å². The molecule has 3 rings (SSSR count). The molecule has 1 aliphatic heterocycles. The van der Waals surface area contributed by atoms with Gasteiger partial charge in [-0.25, -0.2) is 4.98 Å². The molecule has 0 atom stereocenters. The fourth-order valence-electron chi connectivity index (χ4n) is 2.59. The molecule has 122 valence electrons. The minimum absolute atomic E-state index is 0.110. The number of nitrogen functional groups attached to an aromatic ring is 1. The standard InChI is InChI=1S/C19H19N3O2/c1-14-4-2-6-16(21-14)7-3-5-15-10-12-22(13-11-15)19(23)17-8-9-18(20)24-17/h2,4-6,8-9H,10-13,20H2,1H3. The van der Waals surface area contributed by atoms with E-state index in [2.05, 4.69) is 16.8 Å². The van der Waals surface area contributed by atoms with Crippen LogP contribution in [0, 0.1) is 18.8 Å². The van der Waals surface area contributed by atoms with Gasteiger partial charge in [0, 0.05) is 24.8 Å². The van der Waals surface area contributed by atoms with Gasteiger partial charge in [-0.3, -0.25) is 4.79 Å². The number of carbonyl (C=O) groups is 1. The SMILES string of the molecule is Cc1cccc(C#CC=C2CCN(C(=O)c3ccc(N)o3)CC2)n1. The van der Waals surface area contributed by atoms with E-state index >= 15 is 0 Å². The van der Waals surface area contributed by atoms with Crippen molar-refractivity contribution in [2.24, 2.45) is 0 Å². The van der Waals surface area contributed by atoms with Gasteiger partial charge in [-0.2, -0.15) is 0 Å². The van der Waals surface area contributed by atoms with Crippen molar-refractivity contribution >= 4 is 11.8 Å². The molecule has 0 aromatic carbocycles. The van der Waals surface area contributed by atoms with Crippen molar-refractivity contribution in [2.45, 2.75) is 19.8 Å². The highest BCUT2D eigenvalue weighted by molar-refractivity contribution is 5.92. The first-order chi connectivity index (χ1) is 11.6. The molecule has 1 fully saturated rings. The van der Waals surface area contributed by atoms with Gasteiger partial charge in [-0.1, -0.05) is 17.6 Å². The topological polar surface area (TPSA) is 72.4 Å². The number of pyridine rings is 1. The molecule has 3 heterocycles. The summed E-state index contributed by atoms with van der Waals surface area (Å²) >= 11 is 0. The van der Waals surface area contributed by atoms with Gasteiger partial charge in [0.15, 0.2) is 11.6 Å². The lowest BCUT2D eigenvalue weighted by Gasteiger charge is -2.27. The summed E-state index contributed by atoms with van der Waals surface area (Å²) in [5.41, 5.74) is 8.49.